The summed E-state index contributed by atoms with van der Waals surface area (Å²) < 4.78 is 32.5. The van der Waals surface area contributed by atoms with Gasteiger partial charge in [0.1, 0.15) is 25.1 Å². The third kappa shape index (κ3) is 12.2. The summed E-state index contributed by atoms with van der Waals surface area (Å²) in [5.74, 6) is 1.31. The number of ether oxygens (including phenoxy) is 6. The van der Waals surface area contributed by atoms with Gasteiger partial charge in [-0.1, -0.05) is 50.1 Å². The molecule has 2 aliphatic carbocycles. The number of carbonyl (C=O) groups excluding carboxylic acids is 3. The number of aryl methyl sites for hydroxylation is 1. The van der Waals surface area contributed by atoms with Crippen LogP contribution in [0.25, 0.3) is 11.1 Å². The lowest BCUT2D eigenvalue weighted by Gasteiger charge is -2.38. The lowest BCUT2D eigenvalue weighted by molar-refractivity contribution is -0.146. The molecular formula is C43H56O9. The highest BCUT2D eigenvalue weighted by Gasteiger charge is 2.33. The Labute approximate surface area is 309 Å². The van der Waals surface area contributed by atoms with Crippen LogP contribution in [0.5, 0.6) is 5.75 Å². The van der Waals surface area contributed by atoms with Crippen molar-refractivity contribution in [3.8, 4) is 16.9 Å². The summed E-state index contributed by atoms with van der Waals surface area (Å²) in [6.45, 7) is 13.8. The lowest BCUT2D eigenvalue weighted by atomic mass is 9.69. The summed E-state index contributed by atoms with van der Waals surface area (Å²) in [6.07, 6.45) is 9.98. The molecule has 0 aliphatic heterocycles. The molecule has 0 N–H and O–H groups in total. The minimum Gasteiger partial charge on any atom is -0.490 e. The van der Waals surface area contributed by atoms with Crippen molar-refractivity contribution in [2.24, 2.45) is 11.8 Å². The molecule has 0 unspecified atom stereocenters. The van der Waals surface area contributed by atoms with Crippen LogP contribution in [0.3, 0.4) is 0 Å². The molecule has 9 nitrogen and oxygen atoms in total. The zero-order chi connectivity index (χ0) is 37.5. The van der Waals surface area contributed by atoms with Crippen LogP contribution in [-0.2, 0) is 44.5 Å². The van der Waals surface area contributed by atoms with E-state index in [0.29, 0.717) is 41.9 Å². The van der Waals surface area contributed by atoms with Crippen LogP contribution in [-0.4, -0.2) is 71.3 Å². The summed E-state index contributed by atoms with van der Waals surface area (Å²) in [7, 11) is 3.03. The van der Waals surface area contributed by atoms with Gasteiger partial charge in [-0.25, -0.2) is 14.4 Å². The fourth-order valence-corrected chi connectivity index (χ4v) is 7.27. The molecule has 2 aromatic carbocycles. The van der Waals surface area contributed by atoms with Crippen molar-refractivity contribution in [3.05, 3.63) is 90.0 Å². The topological polar surface area (TPSA) is 107 Å². The Morgan fingerprint density at radius 2 is 1.23 bits per heavy atom. The van der Waals surface area contributed by atoms with Gasteiger partial charge in [0.05, 0.1) is 31.0 Å². The third-order valence-electron chi connectivity index (χ3n) is 10.1. The SMILES string of the molecule is C=C(C)C(=O)OC1CCC(C2CCC(c3cc(-c4ccc(CCCOC(=O)C(=C)COC)cc4)ccc3OCCOC(=O)C(=C)COC)CC2)CC1. The van der Waals surface area contributed by atoms with E-state index < -0.39 is 11.9 Å². The average Bonchev–Trinajstić information content (AvgIpc) is 3.15. The van der Waals surface area contributed by atoms with E-state index in [-0.39, 0.29) is 44.1 Å². The highest BCUT2D eigenvalue weighted by molar-refractivity contribution is 5.88. The number of esters is 3. The van der Waals surface area contributed by atoms with E-state index in [1.807, 2.05) is 6.07 Å². The number of methoxy groups -OCH3 is 2. The molecule has 0 aromatic heterocycles. The minimum absolute atomic E-state index is 0.00224. The number of carbonyl (C=O) groups is 3. The van der Waals surface area contributed by atoms with E-state index in [2.05, 4.69) is 56.1 Å². The van der Waals surface area contributed by atoms with Gasteiger partial charge < -0.3 is 28.4 Å². The first-order valence-electron chi connectivity index (χ1n) is 18.5. The normalized spacial score (nSPS) is 20.0. The molecule has 4 rings (SSSR count). The Hall–Kier alpha value is -4.21. The van der Waals surface area contributed by atoms with Crippen LogP contribution in [0, 0.1) is 11.8 Å². The zero-order valence-electron chi connectivity index (χ0n) is 31.3. The molecule has 2 aromatic rings. The molecule has 2 aliphatic rings. The summed E-state index contributed by atoms with van der Waals surface area (Å²) in [5, 5.41) is 0. The van der Waals surface area contributed by atoms with Crippen molar-refractivity contribution in [1.29, 1.82) is 0 Å². The predicted molar refractivity (Wildman–Crippen MR) is 201 cm³/mol. The van der Waals surface area contributed by atoms with Crippen LogP contribution >= 0.6 is 0 Å². The minimum atomic E-state index is -0.486. The van der Waals surface area contributed by atoms with Gasteiger partial charge >= 0.3 is 17.9 Å². The summed E-state index contributed by atoms with van der Waals surface area (Å²) in [5.41, 5.74) is 5.61. The van der Waals surface area contributed by atoms with Gasteiger partial charge in [0.25, 0.3) is 0 Å². The smallest absolute Gasteiger partial charge is 0.335 e. The van der Waals surface area contributed by atoms with E-state index in [4.69, 9.17) is 28.4 Å². The third-order valence-corrected chi connectivity index (χ3v) is 10.1. The summed E-state index contributed by atoms with van der Waals surface area (Å²) >= 11 is 0. The van der Waals surface area contributed by atoms with Crippen molar-refractivity contribution in [3.63, 3.8) is 0 Å². The molecule has 0 radical (unpaired) electrons. The monoisotopic (exact) mass is 716 g/mol. The van der Waals surface area contributed by atoms with E-state index in [0.717, 1.165) is 74.7 Å². The molecule has 0 heterocycles. The Balaban J connectivity index is 1.38. The van der Waals surface area contributed by atoms with Crippen molar-refractivity contribution in [2.75, 3.05) is 47.3 Å². The van der Waals surface area contributed by atoms with Crippen molar-refractivity contribution in [2.45, 2.75) is 83.2 Å². The Bertz CT molecular complexity index is 1530. The molecule has 0 spiro atoms. The number of rotatable bonds is 19. The van der Waals surface area contributed by atoms with Crippen LogP contribution in [0.15, 0.2) is 78.9 Å². The Morgan fingerprint density at radius 1 is 0.673 bits per heavy atom. The van der Waals surface area contributed by atoms with E-state index in [1.54, 1.807) is 6.92 Å². The molecular weight excluding hydrogens is 660 g/mol. The van der Waals surface area contributed by atoms with Gasteiger partial charge in [-0.3, -0.25) is 0 Å². The second kappa shape index (κ2) is 20.7. The van der Waals surface area contributed by atoms with Crippen LogP contribution in [0.4, 0.5) is 0 Å². The van der Waals surface area contributed by atoms with Gasteiger partial charge in [0, 0.05) is 19.8 Å². The average molecular weight is 717 g/mol. The first-order valence-corrected chi connectivity index (χ1v) is 18.5. The molecule has 0 saturated heterocycles. The van der Waals surface area contributed by atoms with Crippen molar-refractivity contribution >= 4 is 17.9 Å². The number of hydrogen-bond donors (Lipinski definition) is 0. The van der Waals surface area contributed by atoms with E-state index in [9.17, 15) is 14.4 Å². The second-order valence-electron chi connectivity index (χ2n) is 14.1. The number of hydrogen-bond acceptors (Lipinski definition) is 9. The zero-order valence-corrected chi connectivity index (χ0v) is 31.3. The molecule has 9 heteroatoms. The molecule has 0 bridgehead atoms. The van der Waals surface area contributed by atoms with Crippen LogP contribution in [0.2, 0.25) is 0 Å². The fourth-order valence-electron chi connectivity index (χ4n) is 7.27. The molecule has 0 amide bonds. The summed E-state index contributed by atoms with van der Waals surface area (Å²) in [6, 6.07) is 14.9. The molecule has 2 fully saturated rings. The first kappa shape index (κ1) is 40.6. The van der Waals surface area contributed by atoms with E-state index in [1.165, 1.54) is 25.3 Å². The highest BCUT2D eigenvalue weighted by Crippen LogP contribution is 2.46. The Kier molecular flexibility index (Phi) is 16.2. The van der Waals surface area contributed by atoms with Gasteiger partial charge in [-0.05, 0) is 123 Å². The lowest BCUT2D eigenvalue weighted by Crippen LogP contribution is -2.29. The second-order valence-corrected chi connectivity index (χ2v) is 14.1. The maximum Gasteiger partial charge on any atom is 0.335 e. The Morgan fingerprint density at radius 3 is 1.81 bits per heavy atom. The maximum absolute atomic E-state index is 12.2. The van der Waals surface area contributed by atoms with Crippen molar-refractivity contribution in [1.82, 2.24) is 0 Å². The van der Waals surface area contributed by atoms with Crippen LogP contribution in [0.1, 0.15) is 81.8 Å². The fraction of sp³-hybridized carbons (Fsp3) is 0.512. The van der Waals surface area contributed by atoms with Gasteiger partial charge in [-0.15, -0.1) is 0 Å². The van der Waals surface area contributed by atoms with Gasteiger partial charge in [-0.2, -0.15) is 0 Å². The number of benzene rings is 2. The van der Waals surface area contributed by atoms with E-state index >= 15 is 0 Å². The van der Waals surface area contributed by atoms with Gasteiger partial charge in [0.2, 0.25) is 0 Å². The molecule has 282 valence electrons. The summed E-state index contributed by atoms with van der Waals surface area (Å²) in [4.78, 5) is 36.1. The maximum atomic E-state index is 12.2. The predicted octanol–water partition coefficient (Wildman–Crippen LogP) is 8.11. The van der Waals surface area contributed by atoms with Crippen LogP contribution < -0.4 is 4.74 Å². The van der Waals surface area contributed by atoms with Crippen molar-refractivity contribution < 1.29 is 42.8 Å². The molecule has 52 heavy (non-hydrogen) atoms. The largest absolute Gasteiger partial charge is 0.490 e. The standard InChI is InChI=1S/C43H56O9/c1-29(2)41(44)52-38-20-17-34(18-21-38)33-13-15-36(16-14-33)39-26-37(19-22-40(39)49-24-25-51-43(46)31(4)28-48-6)35-11-9-32(10-12-35)8-7-23-50-42(45)30(3)27-47-5/h9-12,19,22,26,33-34,36,38H,1,3-4,7-8,13-18,20-21,23-25,27-28H2,2,5-6H3. The highest BCUT2D eigenvalue weighted by atomic mass is 16.6. The van der Waals surface area contributed by atoms with Gasteiger partial charge in [0.15, 0.2) is 0 Å². The molecule has 2 saturated carbocycles. The molecule has 0 atom stereocenters. The quantitative estimate of drug-likeness (QED) is 0.0617. The first-order chi connectivity index (χ1) is 25.1.